The highest BCUT2D eigenvalue weighted by atomic mass is 16.5. The Hall–Kier alpha value is -1.32. The van der Waals surface area contributed by atoms with Gasteiger partial charge in [-0.05, 0) is 5.92 Å². The average molecular weight is 195 g/mol. The molecule has 0 aliphatic rings. The highest BCUT2D eigenvalue weighted by Gasteiger charge is 2.00. The molecule has 0 aliphatic carbocycles. The molecule has 1 rings (SSSR count). The van der Waals surface area contributed by atoms with Crippen molar-refractivity contribution in [3.05, 3.63) is 12.4 Å². The molecular weight excluding hydrogens is 178 g/mol. The van der Waals surface area contributed by atoms with Gasteiger partial charge >= 0.3 is 0 Å². The largest absolute Gasteiger partial charge is 0.494 e. The minimum Gasteiger partial charge on any atom is -0.494 e. The van der Waals surface area contributed by atoms with Gasteiger partial charge in [0, 0.05) is 6.54 Å². The van der Waals surface area contributed by atoms with E-state index >= 15 is 0 Å². The molecule has 1 unspecified atom stereocenters. The lowest BCUT2D eigenvalue weighted by Gasteiger charge is -2.09. The Labute approximate surface area is 84.7 Å². The summed E-state index contributed by atoms with van der Waals surface area (Å²) in [6.45, 7) is 5.26. The molecule has 14 heavy (non-hydrogen) atoms. The van der Waals surface area contributed by atoms with Crippen molar-refractivity contribution in [1.29, 1.82) is 0 Å². The van der Waals surface area contributed by atoms with E-state index < -0.39 is 0 Å². The molecule has 1 atom stereocenters. The standard InChI is InChI=1S/C10H17N3O/c1-4-8(2)5-11-10-12-6-9(14-3)7-13-10/h6-8H,4-5H2,1-3H3,(H,11,12,13). The van der Waals surface area contributed by atoms with Crippen molar-refractivity contribution in [2.24, 2.45) is 5.92 Å². The van der Waals surface area contributed by atoms with Crippen LogP contribution in [0.5, 0.6) is 5.75 Å². The summed E-state index contributed by atoms with van der Waals surface area (Å²) >= 11 is 0. The Morgan fingerprint density at radius 1 is 1.43 bits per heavy atom. The van der Waals surface area contributed by atoms with Gasteiger partial charge < -0.3 is 10.1 Å². The van der Waals surface area contributed by atoms with Crippen LogP contribution in [0.15, 0.2) is 12.4 Å². The third-order valence-electron chi connectivity index (χ3n) is 2.17. The van der Waals surface area contributed by atoms with Crippen LogP contribution in [0.3, 0.4) is 0 Å². The Balaban J connectivity index is 2.43. The number of anilines is 1. The first kappa shape index (κ1) is 10.8. The first-order valence-electron chi connectivity index (χ1n) is 4.86. The van der Waals surface area contributed by atoms with E-state index in [9.17, 15) is 0 Å². The number of nitrogens with one attached hydrogen (secondary N) is 1. The van der Waals surface area contributed by atoms with Crippen LogP contribution in [-0.4, -0.2) is 23.6 Å². The smallest absolute Gasteiger partial charge is 0.222 e. The summed E-state index contributed by atoms with van der Waals surface area (Å²) in [4.78, 5) is 8.22. The predicted molar refractivity (Wildman–Crippen MR) is 56.5 cm³/mol. The highest BCUT2D eigenvalue weighted by Crippen LogP contribution is 2.08. The van der Waals surface area contributed by atoms with Crippen LogP contribution in [0, 0.1) is 5.92 Å². The van der Waals surface area contributed by atoms with Gasteiger partial charge in [0.2, 0.25) is 5.95 Å². The van der Waals surface area contributed by atoms with Crippen molar-refractivity contribution >= 4 is 5.95 Å². The zero-order chi connectivity index (χ0) is 10.4. The van der Waals surface area contributed by atoms with Crippen molar-refractivity contribution in [1.82, 2.24) is 9.97 Å². The summed E-state index contributed by atoms with van der Waals surface area (Å²) in [5.74, 6) is 1.98. The van der Waals surface area contributed by atoms with Crippen molar-refractivity contribution in [2.75, 3.05) is 19.0 Å². The lowest BCUT2D eigenvalue weighted by Crippen LogP contribution is -2.12. The van der Waals surface area contributed by atoms with E-state index in [4.69, 9.17) is 4.74 Å². The molecule has 0 spiro atoms. The molecule has 78 valence electrons. The van der Waals surface area contributed by atoms with E-state index in [1.165, 1.54) is 0 Å². The third-order valence-corrected chi connectivity index (χ3v) is 2.17. The highest BCUT2D eigenvalue weighted by molar-refractivity contribution is 5.26. The van der Waals surface area contributed by atoms with Crippen molar-refractivity contribution in [3.8, 4) is 5.75 Å². The molecule has 0 saturated carbocycles. The molecule has 1 aromatic heterocycles. The van der Waals surface area contributed by atoms with Gasteiger partial charge in [0.05, 0.1) is 19.5 Å². The van der Waals surface area contributed by atoms with Gasteiger partial charge in [-0.2, -0.15) is 0 Å². The Kier molecular flexibility index (Phi) is 4.16. The Morgan fingerprint density at radius 3 is 2.57 bits per heavy atom. The van der Waals surface area contributed by atoms with Gasteiger partial charge in [-0.15, -0.1) is 0 Å². The number of aromatic nitrogens is 2. The second-order valence-electron chi connectivity index (χ2n) is 3.34. The monoisotopic (exact) mass is 195 g/mol. The molecule has 0 aliphatic heterocycles. The number of rotatable bonds is 5. The van der Waals surface area contributed by atoms with E-state index in [0.29, 0.717) is 17.6 Å². The quantitative estimate of drug-likeness (QED) is 0.780. The van der Waals surface area contributed by atoms with Crippen LogP contribution in [-0.2, 0) is 0 Å². The zero-order valence-electron chi connectivity index (χ0n) is 8.95. The fourth-order valence-corrected chi connectivity index (χ4v) is 0.923. The maximum absolute atomic E-state index is 4.96. The van der Waals surface area contributed by atoms with Crippen LogP contribution < -0.4 is 10.1 Å². The fourth-order valence-electron chi connectivity index (χ4n) is 0.923. The fraction of sp³-hybridized carbons (Fsp3) is 0.600. The summed E-state index contributed by atoms with van der Waals surface area (Å²) in [6, 6.07) is 0. The molecule has 1 aromatic rings. The molecular formula is C10H17N3O. The third kappa shape index (κ3) is 3.20. The summed E-state index contributed by atoms with van der Waals surface area (Å²) in [6.07, 6.45) is 4.47. The van der Waals surface area contributed by atoms with Gasteiger partial charge in [0.15, 0.2) is 5.75 Å². The van der Waals surface area contributed by atoms with Gasteiger partial charge in [-0.25, -0.2) is 9.97 Å². The number of methoxy groups -OCH3 is 1. The van der Waals surface area contributed by atoms with E-state index in [2.05, 4.69) is 29.1 Å². The molecule has 0 aromatic carbocycles. The van der Waals surface area contributed by atoms with Gasteiger partial charge in [0.1, 0.15) is 0 Å². The van der Waals surface area contributed by atoms with E-state index in [0.717, 1.165) is 13.0 Å². The van der Waals surface area contributed by atoms with Crippen molar-refractivity contribution < 1.29 is 4.74 Å². The van der Waals surface area contributed by atoms with Crippen LogP contribution in [0.2, 0.25) is 0 Å². The molecule has 0 bridgehead atoms. The number of ether oxygens (including phenoxy) is 1. The molecule has 0 radical (unpaired) electrons. The first-order valence-corrected chi connectivity index (χ1v) is 4.86. The number of hydrogen-bond acceptors (Lipinski definition) is 4. The zero-order valence-corrected chi connectivity index (χ0v) is 8.95. The lowest BCUT2D eigenvalue weighted by molar-refractivity contribution is 0.411. The molecule has 0 saturated heterocycles. The summed E-state index contributed by atoms with van der Waals surface area (Å²) in [7, 11) is 1.60. The SMILES string of the molecule is CCC(C)CNc1ncc(OC)cn1. The van der Waals surface area contributed by atoms with Gasteiger partial charge in [-0.3, -0.25) is 0 Å². The molecule has 1 heterocycles. The second kappa shape index (κ2) is 5.42. The van der Waals surface area contributed by atoms with Crippen LogP contribution >= 0.6 is 0 Å². The van der Waals surface area contributed by atoms with Crippen LogP contribution in [0.25, 0.3) is 0 Å². The maximum atomic E-state index is 4.96. The second-order valence-corrected chi connectivity index (χ2v) is 3.34. The minimum atomic E-state index is 0.640. The predicted octanol–water partition coefficient (Wildman–Crippen LogP) is 1.94. The molecule has 1 N–H and O–H groups in total. The number of hydrogen-bond donors (Lipinski definition) is 1. The molecule has 0 amide bonds. The molecule has 0 fully saturated rings. The molecule has 4 heteroatoms. The van der Waals surface area contributed by atoms with Gasteiger partial charge in [-0.1, -0.05) is 20.3 Å². The molecule has 4 nitrogen and oxygen atoms in total. The summed E-state index contributed by atoms with van der Waals surface area (Å²) < 4.78 is 4.96. The van der Waals surface area contributed by atoms with Crippen molar-refractivity contribution in [3.63, 3.8) is 0 Å². The number of nitrogens with zero attached hydrogens (tertiary/aromatic N) is 2. The normalized spacial score (nSPS) is 12.2. The van der Waals surface area contributed by atoms with Crippen LogP contribution in [0.1, 0.15) is 20.3 Å². The van der Waals surface area contributed by atoms with Gasteiger partial charge in [0.25, 0.3) is 0 Å². The van der Waals surface area contributed by atoms with Crippen LogP contribution in [0.4, 0.5) is 5.95 Å². The lowest BCUT2D eigenvalue weighted by atomic mass is 10.1. The topological polar surface area (TPSA) is 47.0 Å². The maximum Gasteiger partial charge on any atom is 0.222 e. The first-order chi connectivity index (χ1) is 6.76. The summed E-state index contributed by atoms with van der Waals surface area (Å²) in [5, 5.41) is 3.17. The summed E-state index contributed by atoms with van der Waals surface area (Å²) in [5.41, 5.74) is 0. The van der Waals surface area contributed by atoms with E-state index in [1.807, 2.05) is 0 Å². The van der Waals surface area contributed by atoms with Crippen molar-refractivity contribution in [2.45, 2.75) is 20.3 Å². The van der Waals surface area contributed by atoms with E-state index in [-0.39, 0.29) is 0 Å². The minimum absolute atomic E-state index is 0.640. The van der Waals surface area contributed by atoms with E-state index in [1.54, 1.807) is 19.5 Å². The Morgan fingerprint density at radius 2 is 2.07 bits per heavy atom. The average Bonchev–Trinajstić information content (AvgIpc) is 2.26. The Bertz CT molecular complexity index is 261.